The highest BCUT2D eigenvalue weighted by molar-refractivity contribution is 7.18. The van der Waals surface area contributed by atoms with Crippen LogP contribution in [0.4, 0.5) is 0 Å². The predicted octanol–water partition coefficient (Wildman–Crippen LogP) is 2.11. The van der Waals surface area contributed by atoms with Crippen molar-refractivity contribution >= 4 is 27.5 Å². The van der Waals surface area contributed by atoms with E-state index >= 15 is 0 Å². The van der Waals surface area contributed by atoms with Crippen molar-refractivity contribution in [3.63, 3.8) is 0 Å². The second-order valence-electron chi connectivity index (χ2n) is 6.32. The Hall–Kier alpha value is -1.69. The topological polar surface area (TPSA) is 64.0 Å². The number of nitrogens with one attached hydrogen (secondary N) is 1. The van der Waals surface area contributed by atoms with Gasteiger partial charge in [0.2, 0.25) is 5.91 Å². The zero-order valence-corrected chi connectivity index (χ0v) is 14.0. The molecule has 1 N–H and O–H groups in total. The molecule has 0 aliphatic heterocycles. The average molecular weight is 319 g/mol. The van der Waals surface area contributed by atoms with Crippen molar-refractivity contribution < 1.29 is 4.79 Å². The minimum absolute atomic E-state index is 0.0312. The second kappa shape index (κ2) is 5.83. The Bertz CT molecular complexity index is 776. The van der Waals surface area contributed by atoms with Crippen LogP contribution in [0.15, 0.2) is 11.1 Å². The Kier molecular flexibility index (Phi) is 4.04. The van der Waals surface area contributed by atoms with E-state index in [1.54, 1.807) is 11.3 Å². The van der Waals surface area contributed by atoms with Gasteiger partial charge in [-0.05, 0) is 37.7 Å². The van der Waals surface area contributed by atoms with Crippen LogP contribution < -0.4 is 10.9 Å². The molecule has 0 fully saturated rings. The highest BCUT2D eigenvalue weighted by atomic mass is 32.1. The third-order valence-corrected chi connectivity index (χ3v) is 5.59. The van der Waals surface area contributed by atoms with Gasteiger partial charge in [0.05, 0.1) is 11.7 Å². The van der Waals surface area contributed by atoms with Crippen LogP contribution in [0.1, 0.15) is 37.6 Å². The van der Waals surface area contributed by atoms with Gasteiger partial charge in [-0.1, -0.05) is 13.8 Å². The van der Waals surface area contributed by atoms with Crippen LogP contribution in [0.25, 0.3) is 10.2 Å². The van der Waals surface area contributed by atoms with E-state index in [2.05, 4.69) is 24.1 Å². The molecule has 0 spiro atoms. The SMILES string of the molecule is CC(C)[C@H](C)NC(=O)Cn1cnc2sc3c(c2c1=O)CCC3. The van der Waals surface area contributed by atoms with Gasteiger partial charge < -0.3 is 5.32 Å². The summed E-state index contributed by atoms with van der Waals surface area (Å²) in [7, 11) is 0. The third-order valence-electron chi connectivity index (χ3n) is 4.39. The van der Waals surface area contributed by atoms with Gasteiger partial charge in [-0.15, -0.1) is 11.3 Å². The molecule has 0 bridgehead atoms. The first-order valence-electron chi connectivity index (χ1n) is 7.76. The van der Waals surface area contributed by atoms with E-state index in [0.717, 1.165) is 35.0 Å². The molecule has 2 aromatic rings. The van der Waals surface area contributed by atoms with Gasteiger partial charge in [0.15, 0.2) is 0 Å². The molecule has 5 nitrogen and oxygen atoms in total. The number of rotatable bonds is 4. The van der Waals surface area contributed by atoms with Crippen LogP contribution in [-0.4, -0.2) is 21.5 Å². The standard InChI is InChI=1S/C16H21N3O2S/c1-9(2)10(3)18-13(20)7-19-8-17-15-14(16(19)21)11-5-4-6-12(11)22-15/h8-10H,4-7H2,1-3H3,(H,18,20)/t10-/m0/s1. The molecule has 1 amide bonds. The van der Waals surface area contributed by atoms with Crippen LogP contribution in [0.2, 0.25) is 0 Å². The molecule has 1 aliphatic rings. The maximum atomic E-state index is 12.7. The Morgan fingerprint density at radius 3 is 2.91 bits per heavy atom. The van der Waals surface area contributed by atoms with Crippen molar-refractivity contribution in [1.82, 2.24) is 14.9 Å². The first-order valence-corrected chi connectivity index (χ1v) is 8.58. The summed E-state index contributed by atoms with van der Waals surface area (Å²) in [5, 5.41) is 3.65. The minimum atomic E-state index is -0.142. The van der Waals surface area contributed by atoms with Gasteiger partial charge in [-0.2, -0.15) is 0 Å². The number of hydrogen-bond acceptors (Lipinski definition) is 4. The van der Waals surface area contributed by atoms with Crippen molar-refractivity contribution in [3.05, 3.63) is 27.1 Å². The van der Waals surface area contributed by atoms with Crippen LogP contribution in [-0.2, 0) is 24.2 Å². The monoisotopic (exact) mass is 319 g/mol. The molecule has 22 heavy (non-hydrogen) atoms. The van der Waals surface area contributed by atoms with Crippen LogP contribution in [0.3, 0.4) is 0 Å². The normalized spacial score (nSPS) is 15.3. The molecule has 2 heterocycles. The van der Waals surface area contributed by atoms with Crippen molar-refractivity contribution in [1.29, 1.82) is 0 Å². The van der Waals surface area contributed by atoms with E-state index in [1.165, 1.54) is 15.8 Å². The molecule has 1 atom stereocenters. The summed E-state index contributed by atoms with van der Waals surface area (Å²) in [6, 6.07) is 0.0882. The number of carbonyl (C=O) groups excluding carboxylic acids is 1. The summed E-state index contributed by atoms with van der Waals surface area (Å²) in [5.41, 5.74) is 1.07. The zero-order chi connectivity index (χ0) is 15.9. The zero-order valence-electron chi connectivity index (χ0n) is 13.2. The van der Waals surface area contributed by atoms with Crippen LogP contribution in [0.5, 0.6) is 0 Å². The summed E-state index contributed by atoms with van der Waals surface area (Å²) >= 11 is 1.62. The first kappa shape index (κ1) is 15.2. The Morgan fingerprint density at radius 1 is 1.41 bits per heavy atom. The molecular weight excluding hydrogens is 298 g/mol. The Labute approximate surface area is 133 Å². The highest BCUT2D eigenvalue weighted by Crippen LogP contribution is 2.34. The summed E-state index contributed by atoms with van der Waals surface area (Å²) in [5.74, 6) is 0.220. The third kappa shape index (κ3) is 2.67. The lowest BCUT2D eigenvalue weighted by atomic mass is 10.1. The molecule has 0 saturated heterocycles. The number of thiophene rings is 1. The van der Waals surface area contributed by atoms with Crippen molar-refractivity contribution in [2.24, 2.45) is 5.92 Å². The average Bonchev–Trinajstić information content (AvgIpc) is 3.01. The molecule has 0 radical (unpaired) electrons. The van der Waals surface area contributed by atoms with Gasteiger partial charge in [0.25, 0.3) is 5.56 Å². The van der Waals surface area contributed by atoms with Gasteiger partial charge >= 0.3 is 0 Å². The quantitative estimate of drug-likeness (QED) is 0.939. The summed E-state index contributed by atoms with van der Waals surface area (Å²) in [4.78, 5) is 31.2. The fraction of sp³-hybridized carbons (Fsp3) is 0.562. The molecule has 0 saturated carbocycles. The number of amides is 1. The summed E-state index contributed by atoms with van der Waals surface area (Å²) < 4.78 is 1.43. The predicted molar refractivity (Wildman–Crippen MR) is 88.3 cm³/mol. The highest BCUT2D eigenvalue weighted by Gasteiger charge is 2.21. The van der Waals surface area contributed by atoms with Gasteiger partial charge in [0, 0.05) is 10.9 Å². The molecule has 118 valence electrons. The first-order chi connectivity index (χ1) is 10.5. The molecular formula is C16H21N3O2S. The molecule has 6 heteroatoms. The van der Waals surface area contributed by atoms with Gasteiger partial charge in [-0.3, -0.25) is 14.2 Å². The Morgan fingerprint density at radius 2 is 2.18 bits per heavy atom. The minimum Gasteiger partial charge on any atom is -0.352 e. The maximum absolute atomic E-state index is 12.7. The number of carbonyl (C=O) groups is 1. The molecule has 1 aliphatic carbocycles. The summed E-state index contributed by atoms with van der Waals surface area (Å²) in [6.45, 7) is 6.11. The molecule has 0 aromatic carbocycles. The van der Waals surface area contributed by atoms with E-state index in [-0.39, 0.29) is 24.1 Å². The van der Waals surface area contributed by atoms with Crippen molar-refractivity contribution in [3.8, 4) is 0 Å². The largest absolute Gasteiger partial charge is 0.352 e. The summed E-state index contributed by atoms with van der Waals surface area (Å²) in [6.07, 6.45) is 4.60. The number of aromatic nitrogens is 2. The lowest BCUT2D eigenvalue weighted by molar-refractivity contribution is -0.122. The Balaban J connectivity index is 1.87. The number of nitrogens with zero attached hydrogens (tertiary/aromatic N) is 2. The fourth-order valence-electron chi connectivity index (χ4n) is 2.75. The van der Waals surface area contributed by atoms with Crippen molar-refractivity contribution in [2.45, 2.75) is 52.6 Å². The van der Waals surface area contributed by atoms with Crippen molar-refractivity contribution in [2.75, 3.05) is 0 Å². The molecule has 2 aromatic heterocycles. The molecule has 0 unspecified atom stereocenters. The number of fused-ring (bicyclic) bond motifs is 3. The van der Waals surface area contributed by atoms with Crippen LogP contribution in [0, 0.1) is 5.92 Å². The number of hydrogen-bond donors (Lipinski definition) is 1. The van der Waals surface area contributed by atoms with E-state index < -0.39 is 0 Å². The smallest absolute Gasteiger partial charge is 0.262 e. The van der Waals surface area contributed by atoms with E-state index in [9.17, 15) is 9.59 Å². The van der Waals surface area contributed by atoms with E-state index in [1.807, 2.05) is 6.92 Å². The number of aryl methyl sites for hydroxylation is 2. The molecule has 3 rings (SSSR count). The van der Waals surface area contributed by atoms with E-state index in [0.29, 0.717) is 5.92 Å². The fourth-order valence-corrected chi connectivity index (χ4v) is 3.97. The lowest BCUT2D eigenvalue weighted by Crippen LogP contribution is -2.39. The van der Waals surface area contributed by atoms with Crippen LogP contribution >= 0.6 is 11.3 Å². The lowest BCUT2D eigenvalue weighted by Gasteiger charge is -2.17. The van der Waals surface area contributed by atoms with Gasteiger partial charge in [0.1, 0.15) is 11.4 Å². The van der Waals surface area contributed by atoms with Gasteiger partial charge in [-0.25, -0.2) is 4.98 Å². The second-order valence-corrected chi connectivity index (χ2v) is 7.40. The maximum Gasteiger partial charge on any atom is 0.262 e. The van der Waals surface area contributed by atoms with E-state index in [4.69, 9.17) is 0 Å².